The Balaban J connectivity index is 0.00000441. The number of hydrogen-bond donors (Lipinski definition) is 2. The Morgan fingerprint density at radius 1 is 1.27 bits per heavy atom. The molecule has 0 aliphatic rings. The van der Waals surface area contributed by atoms with Crippen LogP contribution in [0.25, 0.3) is 0 Å². The first-order chi connectivity index (χ1) is 10.3. The molecule has 0 fully saturated rings. The molecule has 0 saturated carbocycles. The first-order valence-electron chi connectivity index (χ1n) is 6.88. The van der Waals surface area contributed by atoms with Crippen LogP contribution >= 0.6 is 35.6 Å². The van der Waals surface area contributed by atoms with Crippen molar-refractivity contribution in [2.45, 2.75) is 13.0 Å². The van der Waals surface area contributed by atoms with Gasteiger partial charge in [0.1, 0.15) is 5.15 Å². The number of hydrogen-bond acceptors (Lipinski definition) is 4. The summed E-state index contributed by atoms with van der Waals surface area (Å²) >= 11 is 5.74. The van der Waals surface area contributed by atoms with Crippen LogP contribution < -0.4 is 10.6 Å². The van der Waals surface area contributed by atoms with E-state index in [1.165, 1.54) is 0 Å². The number of rotatable bonds is 9. The third-order valence-corrected chi connectivity index (χ3v) is 2.89. The zero-order valence-corrected chi connectivity index (χ0v) is 16.1. The summed E-state index contributed by atoms with van der Waals surface area (Å²) in [6.07, 6.45) is 2.65. The summed E-state index contributed by atoms with van der Waals surface area (Å²) in [5.41, 5.74) is 1.05. The maximum absolute atomic E-state index is 5.74. The fraction of sp³-hybridized carbons (Fsp3) is 0.571. The zero-order valence-electron chi connectivity index (χ0n) is 13.0. The standard InChI is InChI=1S/C14H23ClN4O2.HI/c1-16-14(17-6-3-7-21-9-8-20-2)19-11-12-4-5-13(15)18-10-12;/h4-5,10H,3,6-9,11H2,1-2H3,(H2,16,17,19);1H. The molecule has 22 heavy (non-hydrogen) atoms. The fourth-order valence-electron chi connectivity index (χ4n) is 1.54. The van der Waals surface area contributed by atoms with Gasteiger partial charge in [-0.2, -0.15) is 0 Å². The highest BCUT2D eigenvalue weighted by atomic mass is 127. The topological polar surface area (TPSA) is 67.8 Å². The molecule has 0 atom stereocenters. The van der Waals surface area contributed by atoms with E-state index >= 15 is 0 Å². The van der Waals surface area contributed by atoms with E-state index in [-0.39, 0.29) is 24.0 Å². The Kier molecular flexibility index (Phi) is 13.6. The van der Waals surface area contributed by atoms with Gasteiger partial charge in [0.05, 0.1) is 13.2 Å². The second-order valence-electron chi connectivity index (χ2n) is 4.30. The molecule has 0 spiro atoms. The van der Waals surface area contributed by atoms with Crippen molar-refractivity contribution in [1.29, 1.82) is 0 Å². The van der Waals surface area contributed by atoms with E-state index in [0.717, 1.165) is 24.5 Å². The van der Waals surface area contributed by atoms with Crippen LogP contribution in [0.2, 0.25) is 5.15 Å². The quantitative estimate of drug-likeness (QED) is 0.201. The van der Waals surface area contributed by atoms with Crippen molar-refractivity contribution in [1.82, 2.24) is 15.6 Å². The van der Waals surface area contributed by atoms with Gasteiger partial charge in [-0.15, -0.1) is 24.0 Å². The van der Waals surface area contributed by atoms with Crippen molar-refractivity contribution in [2.24, 2.45) is 4.99 Å². The van der Waals surface area contributed by atoms with E-state index in [9.17, 15) is 0 Å². The van der Waals surface area contributed by atoms with Gasteiger partial charge >= 0.3 is 0 Å². The molecule has 1 heterocycles. The molecule has 2 N–H and O–H groups in total. The highest BCUT2D eigenvalue weighted by Gasteiger charge is 1.99. The molecule has 0 saturated heterocycles. The molecule has 6 nitrogen and oxygen atoms in total. The minimum absolute atomic E-state index is 0. The summed E-state index contributed by atoms with van der Waals surface area (Å²) in [5, 5.41) is 6.93. The molecule has 1 aromatic heterocycles. The molecule has 0 aliphatic heterocycles. The Bertz CT molecular complexity index is 418. The van der Waals surface area contributed by atoms with E-state index < -0.39 is 0 Å². The monoisotopic (exact) mass is 442 g/mol. The van der Waals surface area contributed by atoms with Gasteiger partial charge in [0.15, 0.2) is 5.96 Å². The molecular weight excluding hydrogens is 419 g/mol. The predicted octanol–water partition coefficient (Wildman–Crippen LogP) is 2.07. The molecule has 1 aromatic rings. The Morgan fingerprint density at radius 2 is 2.09 bits per heavy atom. The SMILES string of the molecule is CN=C(NCCCOCCOC)NCc1ccc(Cl)nc1.I. The van der Waals surface area contributed by atoms with Crippen LogP contribution in [0.5, 0.6) is 0 Å². The normalized spacial score (nSPS) is 11.0. The lowest BCUT2D eigenvalue weighted by Crippen LogP contribution is -2.37. The van der Waals surface area contributed by atoms with Crippen LogP contribution in [0, 0.1) is 0 Å². The molecule has 0 aliphatic carbocycles. The molecule has 0 unspecified atom stereocenters. The van der Waals surface area contributed by atoms with Crippen molar-refractivity contribution in [3.8, 4) is 0 Å². The molecular formula is C14H24ClIN4O2. The number of halogens is 2. The molecule has 126 valence electrons. The molecule has 0 amide bonds. The minimum atomic E-state index is 0. The average molecular weight is 443 g/mol. The Hall–Kier alpha value is -0.640. The second-order valence-corrected chi connectivity index (χ2v) is 4.69. The van der Waals surface area contributed by atoms with Crippen molar-refractivity contribution in [3.05, 3.63) is 29.0 Å². The van der Waals surface area contributed by atoms with Crippen LogP contribution in [0.15, 0.2) is 23.3 Å². The largest absolute Gasteiger partial charge is 0.382 e. The van der Waals surface area contributed by atoms with Gasteiger partial charge in [0, 0.05) is 40.1 Å². The van der Waals surface area contributed by atoms with Gasteiger partial charge in [0.25, 0.3) is 0 Å². The van der Waals surface area contributed by atoms with Crippen molar-refractivity contribution in [2.75, 3.05) is 40.5 Å². The fourth-order valence-corrected chi connectivity index (χ4v) is 1.65. The Labute approximate surface area is 154 Å². The van der Waals surface area contributed by atoms with E-state index in [2.05, 4.69) is 20.6 Å². The lowest BCUT2D eigenvalue weighted by Gasteiger charge is -2.12. The molecule has 0 bridgehead atoms. The van der Waals surface area contributed by atoms with Crippen molar-refractivity contribution < 1.29 is 9.47 Å². The van der Waals surface area contributed by atoms with Crippen LogP contribution in [0.3, 0.4) is 0 Å². The summed E-state index contributed by atoms with van der Waals surface area (Å²) in [7, 11) is 3.40. The van der Waals surface area contributed by atoms with Crippen LogP contribution in [0.1, 0.15) is 12.0 Å². The number of nitrogens with zero attached hydrogens (tertiary/aromatic N) is 2. The van der Waals surface area contributed by atoms with Crippen LogP contribution in [0.4, 0.5) is 0 Å². The molecule has 0 aromatic carbocycles. The van der Waals surface area contributed by atoms with Gasteiger partial charge in [-0.05, 0) is 18.1 Å². The summed E-state index contributed by atoms with van der Waals surface area (Å²) in [6, 6.07) is 3.70. The van der Waals surface area contributed by atoms with Gasteiger partial charge in [-0.3, -0.25) is 4.99 Å². The van der Waals surface area contributed by atoms with Gasteiger partial charge in [-0.25, -0.2) is 4.98 Å². The number of ether oxygens (including phenoxy) is 2. The lowest BCUT2D eigenvalue weighted by molar-refractivity contribution is 0.0698. The predicted molar refractivity (Wildman–Crippen MR) is 100 cm³/mol. The third-order valence-electron chi connectivity index (χ3n) is 2.66. The maximum Gasteiger partial charge on any atom is 0.191 e. The van der Waals surface area contributed by atoms with E-state index in [4.69, 9.17) is 21.1 Å². The zero-order chi connectivity index (χ0) is 15.3. The highest BCUT2D eigenvalue weighted by molar-refractivity contribution is 14.0. The number of methoxy groups -OCH3 is 1. The third kappa shape index (κ3) is 10.1. The van der Waals surface area contributed by atoms with E-state index in [0.29, 0.717) is 31.5 Å². The highest BCUT2D eigenvalue weighted by Crippen LogP contribution is 2.04. The van der Waals surface area contributed by atoms with Gasteiger partial charge in [-0.1, -0.05) is 17.7 Å². The van der Waals surface area contributed by atoms with Gasteiger partial charge in [0.2, 0.25) is 0 Å². The second kappa shape index (κ2) is 14.0. The molecule has 1 rings (SSSR count). The minimum Gasteiger partial charge on any atom is -0.382 e. The molecule has 0 radical (unpaired) electrons. The smallest absolute Gasteiger partial charge is 0.191 e. The number of nitrogens with one attached hydrogen (secondary N) is 2. The van der Waals surface area contributed by atoms with Gasteiger partial charge < -0.3 is 20.1 Å². The average Bonchev–Trinajstić information content (AvgIpc) is 2.51. The first-order valence-corrected chi connectivity index (χ1v) is 7.25. The van der Waals surface area contributed by atoms with Crippen LogP contribution in [-0.4, -0.2) is 51.5 Å². The van der Waals surface area contributed by atoms with Crippen molar-refractivity contribution in [3.63, 3.8) is 0 Å². The number of aromatic nitrogens is 1. The maximum atomic E-state index is 5.74. The van der Waals surface area contributed by atoms with E-state index in [1.807, 2.05) is 6.07 Å². The number of guanidine groups is 1. The Morgan fingerprint density at radius 3 is 2.73 bits per heavy atom. The van der Waals surface area contributed by atoms with Crippen LogP contribution in [-0.2, 0) is 16.0 Å². The summed E-state index contributed by atoms with van der Waals surface area (Å²) in [4.78, 5) is 8.19. The summed E-state index contributed by atoms with van der Waals surface area (Å²) < 4.78 is 10.3. The molecule has 8 heteroatoms. The number of pyridine rings is 1. The summed E-state index contributed by atoms with van der Waals surface area (Å²) in [6.45, 7) is 3.41. The first kappa shape index (κ1) is 21.4. The van der Waals surface area contributed by atoms with Crippen molar-refractivity contribution >= 4 is 41.5 Å². The summed E-state index contributed by atoms with van der Waals surface area (Å²) in [5.74, 6) is 0.752. The number of aliphatic imine (C=N–C) groups is 1. The van der Waals surface area contributed by atoms with E-state index in [1.54, 1.807) is 26.4 Å². The lowest BCUT2D eigenvalue weighted by atomic mass is 10.3.